The van der Waals surface area contributed by atoms with E-state index < -0.39 is 5.97 Å². The highest BCUT2D eigenvalue weighted by Gasteiger charge is 2.10. The van der Waals surface area contributed by atoms with Crippen molar-refractivity contribution in [2.45, 2.75) is 25.8 Å². The van der Waals surface area contributed by atoms with E-state index in [0.29, 0.717) is 13.0 Å². The van der Waals surface area contributed by atoms with Gasteiger partial charge in [0.25, 0.3) is 0 Å². The SMILES string of the molecule is CCOC(=O)CNC(=O)CCC(N)c1ccccc1. The van der Waals surface area contributed by atoms with Crippen LogP contribution in [-0.2, 0) is 14.3 Å². The number of nitrogens with two attached hydrogens (primary N) is 1. The molecule has 0 saturated carbocycles. The average Bonchev–Trinajstić information content (AvgIpc) is 2.44. The summed E-state index contributed by atoms with van der Waals surface area (Å²) in [6.45, 7) is 1.94. The molecule has 5 nitrogen and oxygen atoms in total. The minimum absolute atomic E-state index is 0.0900. The summed E-state index contributed by atoms with van der Waals surface area (Å²) >= 11 is 0. The third-order valence-electron chi connectivity index (χ3n) is 2.65. The number of hydrogen-bond donors (Lipinski definition) is 2. The molecule has 1 amide bonds. The normalized spacial score (nSPS) is 11.7. The molecule has 0 aliphatic rings. The second kappa shape index (κ2) is 8.26. The van der Waals surface area contributed by atoms with Crippen LogP contribution in [0.3, 0.4) is 0 Å². The summed E-state index contributed by atoms with van der Waals surface area (Å²) in [6, 6.07) is 9.44. The maximum absolute atomic E-state index is 11.5. The van der Waals surface area contributed by atoms with Gasteiger partial charge in [-0.2, -0.15) is 0 Å². The van der Waals surface area contributed by atoms with Crippen LogP contribution in [0.4, 0.5) is 0 Å². The third-order valence-corrected chi connectivity index (χ3v) is 2.65. The van der Waals surface area contributed by atoms with E-state index in [2.05, 4.69) is 5.32 Å². The number of esters is 1. The lowest BCUT2D eigenvalue weighted by atomic mass is 10.0. The predicted molar refractivity (Wildman–Crippen MR) is 72.2 cm³/mol. The van der Waals surface area contributed by atoms with Crippen molar-refractivity contribution >= 4 is 11.9 Å². The Kier molecular flexibility index (Phi) is 6.60. The quantitative estimate of drug-likeness (QED) is 0.724. The van der Waals surface area contributed by atoms with E-state index in [1.165, 1.54) is 0 Å². The summed E-state index contributed by atoms with van der Waals surface area (Å²) in [5.74, 6) is -0.623. The molecule has 1 atom stereocenters. The molecule has 0 bridgehead atoms. The molecule has 0 radical (unpaired) electrons. The first-order valence-electron chi connectivity index (χ1n) is 6.36. The van der Waals surface area contributed by atoms with E-state index in [-0.39, 0.29) is 24.9 Å². The molecule has 3 N–H and O–H groups in total. The molecule has 0 aromatic heterocycles. The van der Waals surface area contributed by atoms with Crippen molar-refractivity contribution in [3.63, 3.8) is 0 Å². The highest BCUT2D eigenvalue weighted by atomic mass is 16.5. The lowest BCUT2D eigenvalue weighted by molar-refractivity contribution is -0.143. The molecule has 1 aromatic carbocycles. The molecular formula is C14H20N2O3. The van der Waals surface area contributed by atoms with Crippen molar-refractivity contribution < 1.29 is 14.3 Å². The van der Waals surface area contributed by atoms with Gasteiger partial charge in [0.15, 0.2) is 0 Å². The zero-order valence-corrected chi connectivity index (χ0v) is 11.1. The smallest absolute Gasteiger partial charge is 0.325 e. The first kappa shape index (κ1) is 15.2. The average molecular weight is 264 g/mol. The van der Waals surface area contributed by atoms with Gasteiger partial charge in [-0.25, -0.2) is 0 Å². The summed E-state index contributed by atoms with van der Waals surface area (Å²) in [4.78, 5) is 22.6. The Balaban J connectivity index is 2.25. The van der Waals surface area contributed by atoms with E-state index in [1.807, 2.05) is 30.3 Å². The highest BCUT2D eigenvalue weighted by Crippen LogP contribution is 2.14. The maximum atomic E-state index is 11.5. The van der Waals surface area contributed by atoms with Gasteiger partial charge >= 0.3 is 5.97 Å². The fraction of sp³-hybridized carbons (Fsp3) is 0.429. The van der Waals surface area contributed by atoms with Crippen LogP contribution in [0.25, 0.3) is 0 Å². The number of amides is 1. The number of ether oxygens (including phenoxy) is 1. The van der Waals surface area contributed by atoms with Crippen LogP contribution in [0.2, 0.25) is 0 Å². The Morgan fingerprint density at radius 1 is 1.32 bits per heavy atom. The van der Waals surface area contributed by atoms with E-state index in [1.54, 1.807) is 6.92 Å². The van der Waals surface area contributed by atoms with Crippen molar-refractivity contribution in [2.75, 3.05) is 13.2 Å². The lowest BCUT2D eigenvalue weighted by Gasteiger charge is -2.11. The molecular weight excluding hydrogens is 244 g/mol. The van der Waals surface area contributed by atoms with Crippen LogP contribution in [0, 0.1) is 0 Å². The predicted octanol–water partition coefficient (Wildman–Crippen LogP) is 1.15. The van der Waals surface area contributed by atoms with Crippen LogP contribution in [0.15, 0.2) is 30.3 Å². The summed E-state index contributed by atoms with van der Waals surface area (Å²) < 4.78 is 4.71. The Morgan fingerprint density at radius 3 is 2.63 bits per heavy atom. The van der Waals surface area contributed by atoms with Gasteiger partial charge in [-0.1, -0.05) is 30.3 Å². The van der Waals surface area contributed by atoms with E-state index >= 15 is 0 Å². The van der Waals surface area contributed by atoms with Crippen molar-refractivity contribution in [1.29, 1.82) is 0 Å². The molecule has 0 saturated heterocycles. The van der Waals surface area contributed by atoms with E-state index in [0.717, 1.165) is 5.56 Å². The van der Waals surface area contributed by atoms with Crippen molar-refractivity contribution in [1.82, 2.24) is 5.32 Å². The molecule has 19 heavy (non-hydrogen) atoms. The van der Waals surface area contributed by atoms with Gasteiger partial charge in [-0.3, -0.25) is 9.59 Å². The molecule has 0 aliphatic heterocycles. The van der Waals surface area contributed by atoms with E-state index in [9.17, 15) is 9.59 Å². The Morgan fingerprint density at radius 2 is 2.00 bits per heavy atom. The standard InChI is InChI=1S/C14H20N2O3/c1-2-19-14(18)10-16-13(17)9-8-12(15)11-6-4-3-5-7-11/h3-7,12H,2,8-10,15H2,1H3,(H,16,17). The molecule has 5 heteroatoms. The minimum atomic E-state index is -0.428. The monoisotopic (exact) mass is 264 g/mol. The van der Waals surface area contributed by atoms with Crippen LogP contribution in [-0.4, -0.2) is 25.0 Å². The maximum Gasteiger partial charge on any atom is 0.325 e. The largest absolute Gasteiger partial charge is 0.465 e. The van der Waals surface area contributed by atoms with Crippen molar-refractivity contribution in [3.05, 3.63) is 35.9 Å². The lowest BCUT2D eigenvalue weighted by Crippen LogP contribution is -2.31. The van der Waals surface area contributed by atoms with Crippen molar-refractivity contribution in [3.8, 4) is 0 Å². The van der Waals surface area contributed by atoms with Gasteiger partial charge in [-0.05, 0) is 18.9 Å². The minimum Gasteiger partial charge on any atom is -0.465 e. The number of carbonyl (C=O) groups excluding carboxylic acids is 2. The topological polar surface area (TPSA) is 81.4 Å². The molecule has 1 unspecified atom stereocenters. The summed E-state index contributed by atoms with van der Waals surface area (Å²) in [7, 11) is 0. The number of rotatable bonds is 7. The number of nitrogens with one attached hydrogen (secondary N) is 1. The van der Waals surface area contributed by atoms with Crippen LogP contribution < -0.4 is 11.1 Å². The Hall–Kier alpha value is -1.88. The second-order valence-electron chi connectivity index (χ2n) is 4.14. The second-order valence-corrected chi connectivity index (χ2v) is 4.14. The van der Waals surface area contributed by atoms with Gasteiger partial charge in [0, 0.05) is 12.5 Å². The third kappa shape index (κ3) is 6.01. The zero-order valence-electron chi connectivity index (χ0n) is 11.1. The molecule has 0 heterocycles. The van der Waals surface area contributed by atoms with Gasteiger partial charge < -0.3 is 15.8 Å². The number of benzene rings is 1. The zero-order chi connectivity index (χ0) is 14.1. The van der Waals surface area contributed by atoms with E-state index in [4.69, 9.17) is 10.5 Å². The molecule has 0 spiro atoms. The fourth-order valence-electron chi connectivity index (χ4n) is 1.62. The summed E-state index contributed by atoms with van der Waals surface area (Å²) in [5.41, 5.74) is 6.98. The Bertz CT molecular complexity index is 406. The first-order valence-corrected chi connectivity index (χ1v) is 6.36. The number of hydrogen-bond acceptors (Lipinski definition) is 4. The van der Waals surface area contributed by atoms with Crippen molar-refractivity contribution in [2.24, 2.45) is 5.73 Å². The number of carbonyl (C=O) groups is 2. The molecule has 0 fully saturated rings. The first-order chi connectivity index (χ1) is 9.13. The van der Waals surface area contributed by atoms with Crippen LogP contribution in [0.1, 0.15) is 31.4 Å². The van der Waals surface area contributed by atoms with Crippen LogP contribution in [0.5, 0.6) is 0 Å². The molecule has 1 aromatic rings. The van der Waals surface area contributed by atoms with Gasteiger partial charge in [0.05, 0.1) is 6.61 Å². The fourth-order valence-corrected chi connectivity index (χ4v) is 1.62. The molecule has 104 valence electrons. The summed E-state index contributed by atoms with van der Waals surface area (Å²) in [5, 5.41) is 2.51. The Labute approximate surface area is 113 Å². The van der Waals surface area contributed by atoms with Gasteiger partial charge in [-0.15, -0.1) is 0 Å². The molecule has 0 aliphatic carbocycles. The van der Waals surface area contributed by atoms with Gasteiger partial charge in [0.2, 0.25) is 5.91 Å². The van der Waals surface area contributed by atoms with Gasteiger partial charge in [0.1, 0.15) is 6.54 Å². The van der Waals surface area contributed by atoms with Crippen LogP contribution >= 0.6 is 0 Å². The molecule has 1 rings (SSSR count). The highest BCUT2D eigenvalue weighted by molar-refractivity contribution is 5.81. The summed E-state index contributed by atoms with van der Waals surface area (Å²) in [6.07, 6.45) is 0.828.